The number of hydrogen-bond donors (Lipinski definition) is 2. The van der Waals surface area contributed by atoms with Gasteiger partial charge in [-0.15, -0.1) is 0 Å². The van der Waals surface area contributed by atoms with Crippen LogP contribution in [-0.4, -0.2) is 42.5 Å². The minimum absolute atomic E-state index is 0.116. The molecule has 3 N–H and O–H groups in total. The number of amides is 1. The van der Waals surface area contributed by atoms with Crippen molar-refractivity contribution < 1.29 is 4.79 Å². The zero-order valence-electron chi connectivity index (χ0n) is 11.1. The first kappa shape index (κ1) is 12.4. The molecule has 2 saturated heterocycles. The molecule has 0 aromatic heterocycles. The van der Waals surface area contributed by atoms with Crippen LogP contribution in [0.3, 0.4) is 0 Å². The summed E-state index contributed by atoms with van der Waals surface area (Å²) in [4.78, 5) is 14.5. The molecular weight excluding hydrogens is 226 g/mol. The van der Waals surface area contributed by atoms with Crippen molar-refractivity contribution in [2.75, 3.05) is 19.6 Å². The monoisotopic (exact) mass is 251 g/mol. The van der Waals surface area contributed by atoms with Gasteiger partial charge in [0.1, 0.15) is 0 Å². The zero-order valence-corrected chi connectivity index (χ0v) is 11.1. The van der Waals surface area contributed by atoms with Gasteiger partial charge in [0, 0.05) is 25.7 Å². The average Bonchev–Trinajstić information content (AvgIpc) is 2.67. The second kappa shape index (κ2) is 5.17. The minimum atomic E-state index is 0.116. The highest BCUT2D eigenvalue weighted by molar-refractivity contribution is 5.82. The Labute approximate surface area is 109 Å². The van der Waals surface area contributed by atoms with E-state index < -0.39 is 0 Å². The number of rotatable bonds is 1. The lowest BCUT2D eigenvalue weighted by Gasteiger charge is -2.30. The Balaban J connectivity index is 1.68. The highest BCUT2D eigenvalue weighted by atomic mass is 16.2. The van der Waals surface area contributed by atoms with Crippen molar-refractivity contribution in [3.05, 3.63) is 0 Å². The van der Waals surface area contributed by atoms with Crippen molar-refractivity contribution in [3.63, 3.8) is 0 Å². The largest absolute Gasteiger partial charge is 0.355 e. The van der Waals surface area contributed by atoms with Crippen molar-refractivity contribution in [2.45, 2.75) is 50.6 Å². The fraction of sp³-hybridized carbons (Fsp3) is 0.929. The van der Waals surface area contributed by atoms with E-state index in [1.165, 1.54) is 25.7 Å². The summed E-state index contributed by atoms with van der Waals surface area (Å²) in [5, 5.41) is 3.05. The molecule has 3 fully saturated rings. The van der Waals surface area contributed by atoms with Crippen molar-refractivity contribution in [1.29, 1.82) is 0 Å². The molecule has 102 valence electrons. The van der Waals surface area contributed by atoms with Gasteiger partial charge < -0.3 is 11.1 Å². The second-order valence-corrected chi connectivity index (χ2v) is 6.28. The summed E-state index contributed by atoms with van der Waals surface area (Å²) in [6.45, 7) is 3.00. The van der Waals surface area contributed by atoms with Gasteiger partial charge in [0.15, 0.2) is 0 Å². The molecule has 2 aliphatic heterocycles. The van der Waals surface area contributed by atoms with Crippen LogP contribution in [0.4, 0.5) is 0 Å². The zero-order chi connectivity index (χ0) is 12.5. The third-order valence-electron chi connectivity index (χ3n) is 5.13. The number of fused-ring (bicyclic) bond motifs is 1. The summed E-state index contributed by atoms with van der Waals surface area (Å²) in [6.07, 6.45) is 7.08. The van der Waals surface area contributed by atoms with Gasteiger partial charge in [0.05, 0.1) is 6.04 Å². The smallest absolute Gasteiger partial charge is 0.237 e. The van der Waals surface area contributed by atoms with Crippen LogP contribution in [0.15, 0.2) is 0 Å². The molecule has 0 aromatic carbocycles. The summed E-state index contributed by atoms with van der Waals surface area (Å²) in [6, 6.07) is 0.480. The van der Waals surface area contributed by atoms with E-state index in [9.17, 15) is 4.79 Å². The van der Waals surface area contributed by atoms with Crippen LogP contribution in [0, 0.1) is 11.8 Å². The number of nitrogens with one attached hydrogen (secondary N) is 1. The van der Waals surface area contributed by atoms with E-state index >= 15 is 0 Å². The number of likely N-dealkylation sites (tertiary alicyclic amines) is 1. The topological polar surface area (TPSA) is 58.4 Å². The van der Waals surface area contributed by atoms with Gasteiger partial charge in [-0.1, -0.05) is 6.42 Å². The summed E-state index contributed by atoms with van der Waals surface area (Å²) in [5.41, 5.74) is 6.25. The first-order valence-corrected chi connectivity index (χ1v) is 7.53. The molecule has 0 aromatic rings. The summed E-state index contributed by atoms with van der Waals surface area (Å²) >= 11 is 0. The lowest BCUT2D eigenvalue weighted by molar-refractivity contribution is -0.125. The van der Waals surface area contributed by atoms with Crippen LogP contribution in [0.5, 0.6) is 0 Å². The molecule has 0 spiro atoms. The molecule has 3 rings (SSSR count). The van der Waals surface area contributed by atoms with Gasteiger partial charge in [0.2, 0.25) is 5.91 Å². The third-order valence-corrected chi connectivity index (χ3v) is 5.13. The first-order valence-electron chi connectivity index (χ1n) is 7.53. The SMILES string of the molecule is NC1CCCC2CN(C3CCCCNC3=O)CC12. The summed E-state index contributed by atoms with van der Waals surface area (Å²) in [5.74, 6) is 1.62. The number of nitrogens with two attached hydrogens (primary N) is 1. The number of carbonyl (C=O) groups excluding carboxylic acids is 1. The lowest BCUT2D eigenvalue weighted by atomic mass is 9.78. The van der Waals surface area contributed by atoms with Crippen molar-refractivity contribution in [2.24, 2.45) is 17.6 Å². The molecular formula is C14H25N3O. The van der Waals surface area contributed by atoms with E-state index in [1.807, 2.05) is 0 Å². The maximum Gasteiger partial charge on any atom is 0.237 e. The Morgan fingerprint density at radius 1 is 1.11 bits per heavy atom. The second-order valence-electron chi connectivity index (χ2n) is 6.28. The molecule has 3 aliphatic rings. The van der Waals surface area contributed by atoms with E-state index in [1.54, 1.807) is 0 Å². The molecule has 4 heteroatoms. The van der Waals surface area contributed by atoms with Gasteiger partial charge in [-0.2, -0.15) is 0 Å². The van der Waals surface area contributed by atoms with Crippen LogP contribution >= 0.6 is 0 Å². The Morgan fingerprint density at radius 3 is 2.83 bits per heavy atom. The fourth-order valence-corrected chi connectivity index (χ4v) is 4.08. The minimum Gasteiger partial charge on any atom is -0.355 e. The predicted molar refractivity (Wildman–Crippen MR) is 71.0 cm³/mol. The van der Waals surface area contributed by atoms with Crippen LogP contribution in [0.2, 0.25) is 0 Å². The Bertz CT molecular complexity index is 320. The molecule has 1 amide bonds. The van der Waals surface area contributed by atoms with Crippen molar-refractivity contribution >= 4 is 5.91 Å². The summed E-state index contributed by atoms with van der Waals surface area (Å²) < 4.78 is 0. The van der Waals surface area contributed by atoms with Gasteiger partial charge in [0.25, 0.3) is 0 Å². The molecule has 18 heavy (non-hydrogen) atoms. The van der Waals surface area contributed by atoms with Crippen LogP contribution in [0.25, 0.3) is 0 Å². The molecule has 0 radical (unpaired) electrons. The van der Waals surface area contributed by atoms with Gasteiger partial charge >= 0.3 is 0 Å². The molecule has 0 bridgehead atoms. The van der Waals surface area contributed by atoms with Gasteiger partial charge in [-0.25, -0.2) is 0 Å². The molecule has 1 aliphatic carbocycles. The maximum absolute atomic E-state index is 12.1. The number of nitrogens with zero attached hydrogens (tertiary/aromatic N) is 1. The average molecular weight is 251 g/mol. The number of hydrogen-bond acceptors (Lipinski definition) is 3. The van der Waals surface area contributed by atoms with Crippen molar-refractivity contribution in [1.82, 2.24) is 10.2 Å². The molecule has 4 nitrogen and oxygen atoms in total. The Morgan fingerprint density at radius 2 is 2.00 bits per heavy atom. The molecule has 4 unspecified atom stereocenters. The van der Waals surface area contributed by atoms with Gasteiger partial charge in [-0.3, -0.25) is 9.69 Å². The van der Waals surface area contributed by atoms with Crippen LogP contribution < -0.4 is 11.1 Å². The molecule has 1 saturated carbocycles. The van der Waals surface area contributed by atoms with E-state index in [0.29, 0.717) is 12.0 Å². The van der Waals surface area contributed by atoms with Gasteiger partial charge in [-0.05, 0) is 43.9 Å². The first-order chi connectivity index (χ1) is 8.75. The molecule has 2 heterocycles. The highest BCUT2D eigenvalue weighted by Gasteiger charge is 2.42. The quantitative estimate of drug-likeness (QED) is 0.722. The summed E-state index contributed by atoms with van der Waals surface area (Å²) in [7, 11) is 0. The Hall–Kier alpha value is -0.610. The van der Waals surface area contributed by atoms with E-state index in [0.717, 1.165) is 38.4 Å². The van der Waals surface area contributed by atoms with E-state index in [4.69, 9.17) is 5.73 Å². The Kier molecular flexibility index (Phi) is 3.57. The predicted octanol–water partition coefficient (Wildman–Crippen LogP) is 0.714. The van der Waals surface area contributed by atoms with Crippen LogP contribution in [-0.2, 0) is 4.79 Å². The van der Waals surface area contributed by atoms with E-state index in [-0.39, 0.29) is 11.9 Å². The highest BCUT2D eigenvalue weighted by Crippen LogP contribution is 2.37. The third kappa shape index (κ3) is 2.28. The van der Waals surface area contributed by atoms with Crippen LogP contribution in [0.1, 0.15) is 38.5 Å². The van der Waals surface area contributed by atoms with E-state index in [2.05, 4.69) is 10.2 Å². The normalized spacial score (nSPS) is 42.2. The lowest BCUT2D eigenvalue weighted by Crippen LogP contribution is -2.45. The fourth-order valence-electron chi connectivity index (χ4n) is 4.08. The number of carbonyl (C=O) groups is 1. The molecule has 4 atom stereocenters. The maximum atomic E-state index is 12.1. The standard InChI is InChI=1S/C14H25N3O/c15-12-5-3-4-10-8-17(9-11(10)12)13-6-1-2-7-16-14(13)18/h10-13H,1-9,15H2,(H,16,18). The van der Waals surface area contributed by atoms with Crippen molar-refractivity contribution in [3.8, 4) is 0 Å².